The van der Waals surface area contributed by atoms with Gasteiger partial charge in [0.25, 0.3) is 0 Å². The van der Waals surface area contributed by atoms with Crippen molar-refractivity contribution in [2.75, 3.05) is 0 Å². The van der Waals surface area contributed by atoms with Crippen molar-refractivity contribution in [3.05, 3.63) is 22.4 Å². The van der Waals surface area contributed by atoms with Crippen LogP contribution >= 0.6 is 23.2 Å². The quantitative estimate of drug-likeness (QED) is 0.640. The van der Waals surface area contributed by atoms with Gasteiger partial charge in [0.2, 0.25) is 0 Å². The number of nitrogens with zero attached hydrogens (tertiary/aromatic N) is 2. The molecule has 0 bridgehead atoms. The van der Waals surface area contributed by atoms with Gasteiger partial charge in [0.15, 0.2) is 5.15 Å². The molecule has 0 amide bonds. The van der Waals surface area contributed by atoms with Crippen LogP contribution in [0.15, 0.2) is 12.3 Å². The normalized spacial score (nSPS) is 8.22. The summed E-state index contributed by atoms with van der Waals surface area (Å²) < 4.78 is 0. The van der Waals surface area contributed by atoms with E-state index < -0.39 is 0 Å². The Bertz CT molecular complexity index is 170. The molecule has 50 valence electrons. The van der Waals surface area contributed by atoms with Gasteiger partial charge in [-0.3, -0.25) is 0 Å². The molecule has 5 heteroatoms. The van der Waals surface area contributed by atoms with Crippen LogP contribution in [0.5, 0.6) is 0 Å². The van der Waals surface area contributed by atoms with Crippen LogP contribution in [0.25, 0.3) is 0 Å². The Hall–Kier alpha value is -0.380. The van der Waals surface area contributed by atoms with Gasteiger partial charge in [-0.25, -0.2) is 0 Å². The molecule has 0 saturated heterocycles. The third kappa shape index (κ3) is 2.13. The second kappa shape index (κ2) is 3.61. The van der Waals surface area contributed by atoms with Crippen LogP contribution in [0.4, 0.5) is 0 Å². The highest BCUT2D eigenvalue weighted by Gasteiger charge is 1.92. The summed E-state index contributed by atoms with van der Waals surface area (Å²) in [4.78, 5) is 0. The Labute approximate surface area is 62.6 Å². The van der Waals surface area contributed by atoms with E-state index in [0.29, 0.717) is 5.02 Å². The molecule has 3 nitrogen and oxygen atoms in total. The van der Waals surface area contributed by atoms with Crippen LogP contribution in [0.3, 0.4) is 0 Å². The second-order valence-corrected chi connectivity index (χ2v) is 1.94. The molecule has 0 aliphatic heterocycles. The summed E-state index contributed by atoms with van der Waals surface area (Å²) in [5.41, 5.74) is 0. The highest BCUT2D eigenvalue weighted by molar-refractivity contribution is 6.41. The monoisotopic (exact) mass is 165 g/mol. The molecule has 0 fully saturated rings. The summed E-state index contributed by atoms with van der Waals surface area (Å²) in [7, 11) is 0. The molecule has 1 rings (SSSR count). The Morgan fingerprint density at radius 3 is 2.33 bits per heavy atom. The zero-order valence-electron chi connectivity index (χ0n) is 4.51. The van der Waals surface area contributed by atoms with E-state index in [1.165, 1.54) is 6.20 Å². The van der Waals surface area contributed by atoms with Crippen molar-refractivity contribution in [3.8, 4) is 0 Å². The maximum Gasteiger partial charge on any atom is 0.170 e. The van der Waals surface area contributed by atoms with E-state index >= 15 is 0 Å². The van der Waals surface area contributed by atoms with E-state index in [2.05, 4.69) is 10.2 Å². The highest BCUT2D eigenvalue weighted by Crippen LogP contribution is 2.15. The minimum atomic E-state index is 0. The molecular weight excluding hydrogens is 161 g/mol. The minimum absolute atomic E-state index is 0. The summed E-state index contributed by atoms with van der Waals surface area (Å²) in [5, 5.41) is 7.62. The standard InChI is InChI=1S/C4H2Cl2N2.H3N/c5-3-1-2-7-8-4(3)6;/h1-2H;1H3. The van der Waals surface area contributed by atoms with E-state index in [-0.39, 0.29) is 11.3 Å². The van der Waals surface area contributed by atoms with Gasteiger partial charge in [-0.15, -0.1) is 5.10 Å². The van der Waals surface area contributed by atoms with E-state index in [0.717, 1.165) is 0 Å². The maximum atomic E-state index is 5.47. The lowest BCUT2D eigenvalue weighted by atomic mass is 10.6. The van der Waals surface area contributed by atoms with Crippen LogP contribution in [-0.2, 0) is 0 Å². The maximum absolute atomic E-state index is 5.47. The van der Waals surface area contributed by atoms with Crippen LogP contribution in [0.2, 0.25) is 10.2 Å². The van der Waals surface area contributed by atoms with Crippen molar-refractivity contribution >= 4 is 23.2 Å². The summed E-state index contributed by atoms with van der Waals surface area (Å²) in [6.45, 7) is 0. The lowest BCUT2D eigenvalue weighted by Crippen LogP contribution is -1.78. The number of hydrogen-bond donors (Lipinski definition) is 1. The molecule has 0 spiro atoms. The van der Waals surface area contributed by atoms with E-state index in [9.17, 15) is 0 Å². The molecule has 1 aromatic rings. The SMILES string of the molecule is Clc1ccnnc1Cl.N. The van der Waals surface area contributed by atoms with Gasteiger partial charge in [0.05, 0.1) is 11.2 Å². The third-order valence-corrected chi connectivity index (χ3v) is 1.31. The summed E-state index contributed by atoms with van der Waals surface area (Å²) >= 11 is 10.9. The van der Waals surface area contributed by atoms with Crippen LogP contribution < -0.4 is 6.15 Å². The second-order valence-electron chi connectivity index (χ2n) is 1.17. The number of halogens is 2. The largest absolute Gasteiger partial charge is 0.344 e. The minimum Gasteiger partial charge on any atom is -0.344 e. The third-order valence-electron chi connectivity index (χ3n) is 0.630. The molecule has 0 aliphatic rings. The summed E-state index contributed by atoms with van der Waals surface area (Å²) in [6, 6.07) is 1.58. The van der Waals surface area contributed by atoms with Crippen LogP contribution in [-0.4, -0.2) is 10.2 Å². The van der Waals surface area contributed by atoms with Crippen LogP contribution in [0, 0.1) is 0 Å². The molecule has 1 aromatic heterocycles. The molecule has 0 atom stereocenters. The number of aromatic nitrogens is 2. The Balaban J connectivity index is 0.000000640. The lowest BCUT2D eigenvalue weighted by Gasteiger charge is -1.86. The van der Waals surface area contributed by atoms with Gasteiger partial charge in [0.1, 0.15) is 0 Å². The Kier molecular flexibility index (Phi) is 3.46. The smallest absolute Gasteiger partial charge is 0.170 e. The first-order valence-corrected chi connectivity index (χ1v) is 2.69. The molecule has 0 aromatic carbocycles. The molecular formula is C4H5Cl2N3. The predicted molar refractivity (Wildman–Crippen MR) is 37.1 cm³/mol. The first-order chi connectivity index (χ1) is 3.80. The molecule has 0 unspecified atom stereocenters. The summed E-state index contributed by atoms with van der Waals surface area (Å²) in [6.07, 6.45) is 1.48. The molecule has 9 heavy (non-hydrogen) atoms. The summed E-state index contributed by atoms with van der Waals surface area (Å²) in [5.74, 6) is 0. The topological polar surface area (TPSA) is 60.8 Å². The molecule has 0 aliphatic carbocycles. The van der Waals surface area contributed by atoms with E-state index in [1.54, 1.807) is 6.07 Å². The molecule has 3 N–H and O–H groups in total. The van der Waals surface area contributed by atoms with Gasteiger partial charge in [-0.2, -0.15) is 5.10 Å². The van der Waals surface area contributed by atoms with Crippen molar-refractivity contribution in [1.82, 2.24) is 16.3 Å². The van der Waals surface area contributed by atoms with Crippen molar-refractivity contribution in [2.24, 2.45) is 0 Å². The van der Waals surface area contributed by atoms with Gasteiger partial charge in [-0.05, 0) is 6.07 Å². The van der Waals surface area contributed by atoms with Gasteiger partial charge < -0.3 is 6.15 Å². The van der Waals surface area contributed by atoms with Crippen molar-refractivity contribution < 1.29 is 0 Å². The van der Waals surface area contributed by atoms with Gasteiger partial charge in [0, 0.05) is 0 Å². The highest BCUT2D eigenvalue weighted by atomic mass is 35.5. The fraction of sp³-hybridized carbons (Fsp3) is 0. The van der Waals surface area contributed by atoms with E-state index in [1.807, 2.05) is 0 Å². The molecule has 0 radical (unpaired) electrons. The zero-order chi connectivity index (χ0) is 5.98. The molecule has 1 heterocycles. The predicted octanol–water partition coefficient (Wildman–Crippen LogP) is 1.95. The molecule has 0 saturated carbocycles. The average molecular weight is 166 g/mol. The Morgan fingerprint density at radius 2 is 2.00 bits per heavy atom. The first kappa shape index (κ1) is 8.62. The van der Waals surface area contributed by atoms with Crippen molar-refractivity contribution in [2.45, 2.75) is 0 Å². The number of hydrogen-bond acceptors (Lipinski definition) is 3. The fourth-order valence-corrected chi connectivity index (χ4v) is 0.500. The van der Waals surface area contributed by atoms with Crippen molar-refractivity contribution in [1.29, 1.82) is 0 Å². The first-order valence-electron chi connectivity index (χ1n) is 1.93. The van der Waals surface area contributed by atoms with Crippen LogP contribution in [0.1, 0.15) is 0 Å². The zero-order valence-corrected chi connectivity index (χ0v) is 6.02. The lowest BCUT2D eigenvalue weighted by molar-refractivity contribution is 1.03. The van der Waals surface area contributed by atoms with E-state index in [4.69, 9.17) is 23.2 Å². The fourth-order valence-electron chi connectivity index (χ4n) is 0.299. The van der Waals surface area contributed by atoms with Gasteiger partial charge in [-0.1, -0.05) is 23.2 Å². The van der Waals surface area contributed by atoms with Gasteiger partial charge >= 0.3 is 0 Å². The van der Waals surface area contributed by atoms with Crippen molar-refractivity contribution in [3.63, 3.8) is 0 Å². The Morgan fingerprint density at radius 1 is 1.33 bits per heavy atom. The number of rotatable bonds is 0. The average Bonchev–Trinajstić information content (AvgIpc) is 1.77.